The molecule has 2 heterocycles. The van der Waals surface area contributed by atoms with Crippen LogP contribution in [0.1, 0.15) is 11.4 Å². The fourth-order valence-electron chi connectivity index (χ4n) is 3.00. The maximum absolute atomic E-state index is 15.0. The highest BCUT2D eigenvalue weighted by Crippen LogP contribution is 2.28. The molecule has 5 heteroatoms. The van der Waals surface area contributed by atoms with Gasteiger partial charge in [0.2, 0.25) is 0 Å². The normalized spacial score (nSPS) is 11.1. The van der Waals surface area contributed by atoms with Gasteiger partial charge in [-0.15, -0.1) is 0 Å². The highest BCUT2D eigenvalue weighted by molar-refractivity contribution is 5.87. The van der Waals surface area contributed by atoms with E-state index in [-0.39, 0.29) is 5.82 Å². The minimum atomic E-state index is -0.254. The van der Waals surface area contributed by atoms with E-state index in [1.54, 1.807) is 29.2 Å². The molecule has 0 unspecified atom stereocenters. The predicted octanol–water partition coefficient (Wildman–Crippen LogP) is 4.18. The van der Waals surface area contributed by atoms with Crippen molar-refractivity contribution >= 4 is 10.8 Å². The van der Waals surface area contributed by atoms with Gasteiger partial charge < -0.3 is 0 Å². The quantitative estimate of drug-likeness (QED) is 0.563. The average Bonchev–Trinajstić information content (AvgIpc) is 3.02. The van der Waals surface area contributed by atoms with Crippen molar-refractivity contribution in [3.63, 3.8) is 0 Å². The smallest absolute Gasteiger partial charge is 0.161 e. The summed E-state index contributed by atoms with van der Waals surface area (Å²) in [4.78, 5) is 8.49. The van der Waals surface area contributed by atoms with E-state index in [4.69, 9.17) is 0 Å². The zero-order valence-corrected chi connectivity index (χ0v) is 13.9. The largest absolute Gasteiger partial charge is 0.265 e. The first-order chi connectivity index (χ1) is 12.2. The lowest BCUT2D eigenvalue weighted by Crippen LogP contribution is -2.06. The summed E-state index contributed by atoms with van der Waals surface area (Å²) in [5.41, 5.74) is 1.64. The Hall–Kier alpha value is -3.08. The Labute approximate surface area is 145 Å². The van der Waals surface area contributed by atoms with E-state index in [0.717, 1.165) is 17.4 Å². The van der Waals surface area contributed by atoms with Crippen molar-refractivity contribution in [1.29, 1.82) is 0 Å². The fraction of sp³-hybridized carbons (Fsp3) is 0.150. The zero-order chi connectivity index (χ0) is 17.2. The minimum Gasteiger partial charge on any atom is -0.265 e. The third-order valence-electron chi connectivity index (χ3n) is 4.24. The number of aromatic nitrogens is 4. The number of halogens is 1. The van der Waals surface area contributed by atoms with Gasteiger partial charge >= 0.3 is 0 Å². The maximum atomic E-state index is 15.0. The number of pyridine rings is 1. The summed E-state index contributed by atoms with van der Waals surface area (Å²) < 4.78 is 16.8. The van der Waals surface area contributed by atoms with Crippen molar-refractivity contribution < 1.29 is 4.39 Å². The van der Waals surface area contributed by atoms with E-state index in [1.165, 1.54) is 0 Å². The second kappa shape index (κ2) is 6.43. The van der Waals surface area contributed by atoms with Crippen LogP contribution in [0.25, 0.3) is 22.2 Å². The maximum Gasteiger partial charge on any atom is 0.161 e. The number of hydrogen-bond donors (Lipinski definition) is 0. The molecule has 0 spiro atoms. The SMILES string of the molecule is Cc1nc(-c2ccc3ccccc3c2F)n(CCc2ccncc2)n1. The summed E-state index contributed by atoms with van der Waals surface area (Å²) in [7, 11) is 0. The van der Waals surface area contributed by atoms with Crippen molar-refractivity contribution in [3.05, 3.63) is 78.1 Å². The summed E-state index contributed by atoms with van der Waals surface area (Å²) in [5, 5.41) is 5.92. The second-order valence-corrected chi connectivity index (χ2v) is 5.96. The molecule has 0 N–H and O–H groups in total. The van der Waals surface area contributed by atoms with Crippen molar-refractivity contribution in [3.8, 4) is 11.4 Å². The topological polar surface area (TPSA) is 43.6 Å². The molecule has 124 valence electrons. The zero-order valence-electron chi connectivity index (χ0n) is 13.9. The van der Waals surface area contributed by atoms with Gasteiger partial charge in [-0.2, -0.15) is 5.10 Å². The van der Waals surface area contributed by atoms with Crippen molar-refractivity contribution in [2.45, 2.75) is 19.9 Å². The Morgan fingerprint density at radius 1 is 1.00 bits per heavy atom. The van der Waals surface area contributed by atoms with Crippen LogP contribution in [-0.2, 0) is 13.0 Å². The standard InChI is InChI=1S/C20H17FN4/c1-14-23-20(25(24-14)13-10-15-8-11-22-12-9-15)18-7-6-16-4-2-3-5-17(16)19(18)21/h2-9,11-12H,10,13H2,1H3. The van der Waals surface area contributed by atoms with Crippen LogP contribution in [0.3, 0.4) is 0 Å². The summed E-state index contributed by atoms with van der Waals surface area (Å²) >= 11 is 0. The third kappa shape index (κ3) is 3.01. The van der Waals surface area contributed by atoms with Crippen LogP contribution >= 0.6 is 0 Å². The number of nitrogens with zero attached hydrogens (tertiary/aromatic N) is 4. The molecule has 2 aromatic heterocycles. The molecule has 0 radical (unpaired) electrons. The van der Waals surface area contributed by atoms with Crippen molar-refractivity contribution in [2.24, 2.45) is 0 Å². The van der Waals surface area contributed by atoms with Gasteiger partial charge in [-0.25, -0.2) is 14.1 Å². The van der Waals surface area contributed by atoms with E-state index >= 15 is 4.39 Å². The Kier molecular flexibility index (Phi) is 3.98. The molecule has 4 rings (SSSR count). The highest BCUT2D eigenvalue weighted by atomic mass is 19.1. The molecule has 0 atom stereocenters. The van der Waals surface area contributed by atoms with Gasteiger partial charge in [0.25, 0.3) is 0 Å². The monoisotopic (exact) mass is 332 g/mol. The molecule has 0 amide bonds. The molecule has 0 bridgehead atoms. The van der Waals surface area contributed by atoms with Crippen molar-refractivity contribution in [1.82, 2.24) is 19.7 Å². The fourth-order valence-corrected chi connectivity index (χ4v) is 3.00. The van der Waals surface area contributed by atoms with E-state index in [0.29, 0.717) is 29.1 Å². The lowest BCUT2D eigenvalue weighted by Gasteiger charge is -2.09. The molecular weight excluding hydrogens is 315 g/mol. The van der Waals surface area contributed by atoms with E-state index < -0.39 is 0 Å². The Morgan fingerprint density at radius 3 is 2.64 bits per heavy atom. The number of benzene rings is 2. The number of rotatable bonds is 4. The van der Waals surface area contributed by atoms with E-state index in [1.807, 2.05) is 43.3 Å². The highest BCUT2D eigenvalue weighted by Gasteiger charge is 2.16. The van der Waals surface area contributed by atoms with Crippen LogP contribution in [0.4, 0.5) is 4.39 Å². The van der Waals surface area contributed by atoms with Gasteiger partial charge in [0.15, 0.2) is 5.82 Å². The number of fused-ring (bicyclic) bond motifs is 1. The molecule has 0 saturated carbocycles. The number of aryl methyl sites for hydroxylation is 3. The van der Waals surface area contributed by atoms with E-state index in [9.17, 15) is 0 Å². The van der Waals surface area contributed by atoms with Crippen LogP contribution < -0.4 is 0 Å². The van der Waals surface area contributed by atoms with Crippen molar-refractivity contribution in [2.75, 3.05) is 0 Å². The van der Waals surface area contributed by atoms with Gasteiger partial charge in [0, 0.05) is 24.3 Å². The van der Waals surface area contributed by atoms with Crippen LogP contribution in [0.2, 0.25) is 0 Å². The summed E-state index contributed by atoms with van der Waals surface area (Å²) in [6.07, 6.45) is 4.32. The molecule has 25 heavy (non-hydrogen) atoms. The van der Waals surface area contributed by atoms with E-state index in [2.05, 4.69) is 15.1 Å². The molecule has 0 saturated heterocycles. The molecule has 0 aliphatic heterocycles. The van der Waals surface area contributed by atoms with Crippen LogP contribution in [-0.4, -0.2) is 19.7 Å². The molecule has 4 aromatic rings. The molecule has 4 nitrogen and oxygen atoms in total. The summed E-state index contributed by atoms with van der Waals surface area (Å²) in [5.74, 6) is 0.947. The van der Waals surface area contributed by atoms with Gasteiger partial charge in [-0.05, 0) is 42.5 Å². The summed E-state index contributed by atoms with van der Waals surface area (Å²) in [6.45, 7) is 2.46. The predicted molar refractivity (Wildman–Crippen MR) is 95.6 cm³/mol. The minimum absolute atomic E-state index is 0.254. The molecule has 0 fully saturated rings. The van der Waals surface area contributed by atoms with Crippen LogP contribution in [0.15, 0.2) is 60.9 Å². The van der Waals surface area contributed by atoms with Crippen LogP contribution in [0.5, 0.6) is 0 Å². The first-order valence-corrected chi connectivity index (χ1v) is 8.20. The molecule has 0 aliphatic rings. The first-order valence-electron chi connectivity index (χ1n) is 8.20. The van der Waals surface area contributed by atoms with Crippen LogP contribution in [0, 0.1) is 12.7 Å². The summed E-state index contributed by atoms with van der Waals surface area (Å²) in [6, 6.07) is 15.1. The first kappa shape index (κ1) is 15.4. The second-order valence-electron chi connectivity index (χ2n) is 5.96. The number of hydrogen-bond acceptors (Lipinski definition) is 3. The van der Waals surface area contributed by atoms with Gasteiger partial charge in [-0.1, -0.05) is 30.3 Å². The lowest BCUT2D eigenvalue weighted by molar-refractivity contribution is 0.605. The Balaban J connectivity index is 1.72. The Morgan fingerprint density at radius 2 is 1.80 bits per heavy atom. The van der Waals surface area contributed by atoms with Gasteiger partial charge in [0.1, 0.15) is 11.6 Å². The van der Waals surface area contributed by atoms with Gasteiger partial charge in [-0.3, -0.25) is 4.98 Å². The molecule has 0 aliphatic carbocycles. The lowest BCUT2D eigenvalue weighted by atomic mass is 10.1. The average molecular weight is 332 g/mol. The molecule has 2 aromatic carbocycles. The Bertz CT molecular complexity index is 1020. The van der Waals surface area contributed by atoms with Gasteiger partial charge in [0.05, 0.1) is 5.56 Å². The molecular formula is C20H17FN4. The third-order valence-corrected chi connectivity index (χ3v) is 4.24.